The van der Waals surface area contributed by atoms with Crippen LogP contribution in [0.25, 0.3) is 0 Å². The average Bonchev–Trinajstić information content (AvgIpc) is 2.82. The SMILES string of the molecule is CC(CNC(=O)C[C@@H]1CCC[C@H]1N)c1c(Cl)cccc1Cl. The van der Waals surface area contributed by atoms with Crippen LogP contribution in [0.4, 0.5) is 0 Å². The number of nitrogens with one attached hydrogen (secondary N) is 1. The Labute approximate surface area is 136 Å². The number of nitrogens with two attached hydrogens (primary N) is 1. The molecule has 5 heteroatoms. The van der Waals surface area contributed by atoms with E-state index in [2.05, 4.69) is 5.32 Å². The first-order chi connectivity index (χ1) is 9.99. The summed E-state index contributed by atoms with van der Waals surface area (Å²) in [4.78, 5) is 12.0. The molecule has 0 aromatic heterocycles. The summed E-state index contributed by atoms with van der Waals surface area (Å²) in [6, 6.07) is 5.63. The summed E-state index contributed by atoms with van der Waals surface area (Å²) in [6.45, 7) is 2.54. The van der Waals surface area contributed by atoms with Crippen molar-refractivity contribution in [1.29, 1.82) is 0 Å². The first kappa shape index (κ1) is 16.6. The summed E-state index contributed by atoms with van der Waals surface area (Å²) in [5.74, 6) is 0.462. The molecule has 0 aliphatic heterocycles. The molecule has 1 aromatic carbocycles. The molecule has 116 valence electrons. The van der Waals surface area contributed by atoms with Gasteiger partial charge in [-0.2, -0.15) is 0 Å². The van der Waals surface area contributed by atoms with Crippen LogP contribution in [0.1, 0.15) is 44.1 Å². The maximum absolute atomic E-state index is 12.0. The van der Waals surface area contributed by atoms with Gasteiger partial charge in [-0.05, 0) is 36.5 Å². The number of carbonyl (C=O) groups excluding carboxylic acids is 1. The van der Waals surface area contributed by atoms with Gasteiger partial charge in [0, 0.05) is 35.0 Å². The topological polar surface area (TPSA) is 55.1 Å². The fraction of sp³-hybridized carbons (Fsp3) is 0.562. The number of hydrogen-bond acceptors (Lipinski definition) is 2. The lowest BCUT2D eigenvalue weighted by molar-refractivity contribution is -0.122. The summed E-state index contributed by atoms with van der Waals surface area (Å²) in [5.41, 5.74) is 6.89. The zero-order chi connectivity index (χ0) is 15.4. The van der Waals surface area contributed by atoms with Crippen LogP contribution in [0.3, 0.4) is 0 Å². The van der Waals surface area contributed by atoms with Crippen molar-refractivity contribution in [3.63, 3.8) is 0 Å². The molecule has 21 heavy (non-hydrogen) atoms. The smallest absolute Gasteiger partial charge is 0.220 e. The Balaban J connectivity index is 1.86. The first-order valence-electron chi connectivity index (χ1n) is 7.45. The molecule has 0 spiro atoms. The van der Waals surface area contributed by atoms with Crippen molar-refractivity contribution in [3.05, 3.63) is 33.8 Å². The number of benzene rings is 1. The maximum Gasteiger partial charge on any atom is 0.220 e. The largest absolute Gasteiger partial charge is 0.355 e. The van der Waals surface area contributed by atoms with E-state index in [1.807, 2.05) is 25.1 Å². The van der Waals surface area contributed by atoms with Gasteiger partial charge in [-0.15, -0.1) is 0 Å². The van der Waals surface area contributed by atoms with Crippen molar-refractivity contribution in [3.8, 4) is 0 Å². The molecular weight excluding hydrogens is 307 g/mol. The second-order valence-corrected chi connectivity index (χ2v) is 6.71. The van der Waals surface area contributed by atoms with Gasteiger partial charge in [0.1, 0.15) is 0 Å². The minimum atomic E-state index is 0.0624. The third-order valence-corrected chi connectivity index (χ3v) is 4.92. The lowest BCUT2D eigenvalue weighted by Crippen LogP contribution is -2.33. The van der Waals surface area contributed by atoms with Crippen LogP contribution in [-0.4, -0.2) is 18.5 Å². The van der Waals surface area contributed by atoms with Crippen LogP contribution in [-0.2, 0) is 4.79 Å². The molecule has 0 saturated heterocycles. The molecule has 1 saturated carbocycles. The van der Waals surface area contributed by atoms with Crippen molar-refractivity contribution in [2.24, 2.45) is 11.7 Å². The van der Waals surface area contributed by atoms with E-state index >= 15 is 0 Å². The highest BCUT2D eigenvalue weighted by Crippen LogP contribution is 2.31. The molecular formula is C16H22Cl2N2O. The zero-order valence-corrected chi connectivity index (χ0v) is 13.8. The van der Waals surface area contributed by atoms with Gasteiger partial charge in [0.25, 0.3) is 0 Å². The van der Waals surface area contributed by atoms with Gasteiger partial charge in [0.05, 0.1) is 0 Å². The lowest BCUT2D eigenvalue weighted by atomic mass is 9.98. The van der Waals surface area contributed by atoms with Crippen LogP contribution in [0, 0.1) is 5.92 Å². The zero-order valence-electron chi connectivity index (χ0n) is 12.2. The second kappa shape index (κ2) is 7.48. The summed E-state index contributed by atoms with van der Waals surface area (Å²) in [7, 11) is 0. The molecule has 1 unspecified atom stereocenters. The van der Waals surface area contributed by atoms with Gasteiger partial charge in [0.2, 0.25) is 5.91 Å². The predicted octanol–water partition coefficient (Wildman–Crippen LogP) is 3.73. The molecule has 0 radical (unpaired) electrons. The van der Waals surface area contributed by atoms with Crippen molar-refractivity contribution < 1.29 is 4.79 Å². The second-order valence-electron chi connectivity index (χ2n) is 5.90. The van der Waals surface area contributed by atoms with Crippen LogP contribution in [0.15, 0.2) is 18.2 Å². The average molecular weight is 329 g/mol. The lowest BCUT2D eigenvalue weighted by Gasteiger charge is -2.18. The van der Waals surface area contributed by atoms with Gasteiger partial charge < -0.3 is 11.1 Å². The summed E-state index contributed by atoms with van der Waals surface area (Å²) in [5, 5.41) is 4.25. The van der Waals surface area contributed by atoms with E-state index < -0.39 is 0 Å². The molecule has 0 heterocycles. The van der Waals surface area contributed by atoms with Gasteiger partial charge in [-0.1, -0.05) is 42.6 Å². The molecule has 0 bridgehead atoms. The summed E-state index contributed by atoms with van der Waals surface area (Å²) < 4.78 is 0. The van der Waals surface area contributed by atoms with Crippen LogP contribution < -0.4 is 11.1 Å². The fourth-order valence-corrected chi connectivity index (χ4v) is 3.75. The third kappa shape index (κ3) is 4.35. The van der Waals surface area contributed by atoms with Gasteiger partial charge in [-0.25, -0.2) is 0 Å². The minimum Gasteiger partial charge on any atom is -0.355 e. The molecule has 3 nitrogen and oxygen atoms in total. The van der Waals surface area contributed by atoms with E-state index in [9.17, 15) is 4.79 Å². The van der Waals surface area contributed by atoms with Crippen molar-refractivity contribution in [1.82, 2.24) is 5.32 Å². The van der Waals surface area contributed by atoms with Crippen LogP contribution >= 0.6 is 23.2 Å². The Morgan fingerprint density at radius 2 is 2.05 bits per heavy atom. The van der Waals surface area contributed by atoms with E-state index in [0.29, 0.717) is 28.9 Å². The summed E-state index contributed by atoms with van der Waals surface area (Å²) >= 11 is 12.4. The van der Waals surface area contributed by atoms with Crippen molar-refractivity contribution in [2.45, 2.75) is 44.6 Å². The highest BCUT2D eigenvalue weighted by atomic mass is 35.5. The van der Waals surface area contributed by atoms with E-state index in [0.717, 1.165) is 24.8 Å². The maximum atomic E-state index is 12.0. The number of carbonyl (C=O) groups is 1. The number of amides is 1. The monoisotopic (exact) mass is 328 g/mol. The Morgan fingerprint density at radius 3 is 2.62 bits per heavy atom. The van der Waals surface area contributed by atoms with E-state index in [4.69, 9.17) is 28.9 Å². The minimum absolute atomic E-state index is 0.0624. The third-order valence-electron chi connectivity index (χ3n) is 4.26. The van der Waals surface area contributed by atoms with Gasteiger partial charge in [0.15, 0.2) is 0 Å². The standard InChI is InChI=1S/C16H22Cl2N2O/c1-10(16-12(17)5-3-6-13(16)18)9-20-15(21)8-11-4-2-7-14(11)19/h3,5-6,10-11,14H,2,4,7-9,19H2,1H3,(H,20,21)/t10?,11-,14+/m0/s1. The van der Waals surface area contributed by atoms with E-state index in [-0.39, 0.29) is 17.9 Å². The number of rotatable bonds is 5. The number of hydrogen-bond donors (Lipinski definition) is 2. The Hall–Kier alpha value is -0.770. The molecule has 1 fully saturated rings. The normalized spacial score (nSPS) is 23.0. The van der Waals surface area contributed by atoms with Gasteiger partial charge >= 0.3 is 0 Å². The predicted molar refractivity (Wildman–Crippen MR) is 87.8 cm³/mol. The van der Waals surface area contributed by atoms with Gasteiger partial charge in [-0.3, -0.25) is 4.79 Å². The molecule has 3 atom stereocenters. The highest BCUT2D eigenvalue weighted by molar-refractivity contribution is 6.36. The van der Waals surface area contributed by atoms with E-state index in [1.54, 1.807) is 0 Å². The quantitative estimate of drug-likeness (QED) is 0.865. The summed E-state index contributed by atoms with van der Waals surface area (Å²) in [6.07, 6.45) is 3.74. The van der Waals surface area contributed by atoms with Crippen molar-refractivity contribution >= 4 is 29.1 Å². The van der Waals surface area contributed by atoms with Crippen LogP contribution in [0.2, 0.25) is 10.0 Å². The van der Waals surface area contributed by atoms with Crippen LogP contribution in [0.5, 0.6) is 0 Å². The fourth-order valence-electron chi connectivity index (χ4n) is 2.98. The molecule has 2 rings (SSSR count). The Bertz CT molecular complexity index is 487. The van der Waals surface area contributed by atoms with E-state index in [1.165, 1.54) is 0 Å². The molecule has 3 N–H and O–H groups in total. The molecule has 1 amide bonds. The highest BCUT2D eigenvalue weighted by Gasteiger charge is 2.26. The Morgan fingerprint density at radius 1 is 1.38 bits per heavy atom. The molecule has 1 aliphatic rings. The molecule has 1 aromatic rings. The number of halogens is 2. The first-order valence-corrected chi connectivity index (χ1v) is 8.20. The van der Waals surface area contributed by atoms with Crippen molar-refractivity contribution in [2.75, 3.05) is 6.54 Å². The molecule has 1 aliphatic carbocycles. The Kier molecular flexibility index (Phi) is 5.91.